The number of hydrogen-bond acceptors (Lipinski definition) is 5. The van der Waals surface area contributed by atoms with Crippen LogP contribution in [0, 0.1) is 6.92 Å². The normalized spacial score (nSPS) is 18.1. The van der Waals surface area contributed by atoms with Crippen molar-refractivity contribution < 1.29 is 19.1 Å². The highest BCUT2D eigenvalue weighted by Gasteiger charge is 2.42. The summed E-state index contributed by atoms with van der Waals surface area (Å²) in [6.45, 7) is 2.06. The average molecular weight is 545 g/mol. The third kappa shape index (κ3) is 4.86. The molecule has 0 unspecified atom stereocenters. The number of rotatable bonds is 5. The highest BCUT2D eigenvalue weighted by atomic mass is 16.5. The molecule has 4 aromatic rings. The lowest BCUT2D eigenvalue weighted by atomic mass is 9.78. The van der Waals surface area contributed by atoms with E-state index in [1.165, 1.54) is 5.56 Å². The highest BCUT2D eigenvalue weighted by molar-refractivity contribution is 6.12. The van der Waals surface area contributed by atoms with Gasteiger partial charge in [-0.2, -0.15) is 0 Å². The van der Waals surface area contributed by atoms with E-state index in [0.717, 1.165) is 22.5 Å². The van der Waals surface area contributed by atoms with Gasteiger partial charge in [0.05, 0.1) is 31.6 Å². The third-order valence-electron chi connectivity index (χ3n) is 8.00. The number of hydrogen-bond donors (Lipinski definition) is 1. The van der Waals surface area contributed by atoms with Crippen LogP contribution in [-0.4, -0.2) is 25.9 Å². The maximum absolute atomic E-state index is 14.4. The van der Waals surface area contributed by atoms with Gasteiger partial charge in [-0.1, -0.05) is 66.2 Å². The van der Waals surface area contributed by atoms with Crippen LogP contribution in [0.5, 0.6) is 11.5 Å². The topological polar surface area (TPSA) is 67.9 Å². The Bertz CT molecular complexity index is 1640. The summed E-state index contributed by atoms with van der Waals surface area (Å²) in [5.74, 6) is 0.965. The molecule has 0 aromatic heterocycles. The summed E-state index contributed by atoms with van der Waals surface area (Å²) in [6, 6.07) is 30.3. The van der Waals surface area contributed by atoms with Crippen molar-refractivity contribution in [2.75, 3.05) is 24.4 Å². The molecule has 1 aliphatic carbocycles. The minimum absolute atomic E-state index is 0.0165. The molecule has 4 aromatic carbocycles. The Morgan fingerprint density at radius 2 is 1.49 bits per heavy atom. The van der Waals surface area contributed by atoms with Crippen LogP contribution in [0.1, 0.15) is 51.8 Å². The summed E-state index contributed by atoms with van der Waals surface area (Å²) in [7, 11) is 3.17. The molecule has 206 valence electrons. The highest BCUT2D eigenvalue weighted by Crippen LogP contribution is 2.48. The van der Waals surface area contributed by atoms with Crippen LogP contribution in [0.25, 0.3) is 0 Å². The van der Waals surface area contributed by atoms with Crippen LogP contribution >= 0.6 is 0 Å². The third-order valence-corrected chi connectivity index (χ3v) is 8.00. The lowest BCUT2D eigenvalue weighted by Crippen LogP contribution is -2.38. The van der Waals surface area contributed by atoms with Gasteiger partial charge >= 0.3 is 0 Å². The number of benzene rings is 4. The number of ketones is 1. The fraction of sp³-hybridized carbons (Fsp3) is 0.200. The van der Waals surface area contributed by atoms with Crippen LogP contribution in [0.15, 0.2) is 108 Å². The largest absolute Gasteiger partial charge is 0.493 e. The first-order chi connectivity index (χ1) is 20.0. The number of nitrogens with one attached hydrogen (secondary N) is 1. The van der Waals surface area contributed by atoms with E-state index in [1.807, 2.05) is 60.7 Å². The van der Waals surface area contributed by atoms with Crippen LogP contribution < -0.4 is 19.7 Å². The Morgan fingerprint density at radius 1 is 0.805 bits per heavy atom. The Hall–Kier alpha value is -4.84. The minimum atomic E-state index is -0.680. The summed E-state index contributed by atoms with van der Waals surface area (Å²) in [6.07, 6.45) is 1.01. The van der Waals surface area contributed by atoms with Crippen molar-refractivity contribution in [1.82, 2.24) is 0 Å². The van der Waals surface area contributed by atoms with Crippen molar-refractivity contribution in [1.29, 1.82) is 0 Å². The predicted octanol–water partition coefficient (Wildman–Crippen LogP) is 7.23. The summed E-state index contributed by atoms with van der Waals surface area (Å²) >= 11 is 0. The Balaban J connectivity index is 1.57. The number of ether oxygens (including phenoxy) is 2. The lowest BCUT2D eigenvalue weighted by molar-refractivity contribution is -0.116. The Labute approximate surface area is 240 Å². The Morgan fingerprint density at radius 3 is 2.22 bits per heavy atom. The molecule has 0 radical (unpaired) electrons. The molecule has 2 aliphatic rings. The zero-order chi connectivity index (χ0) is 28.5. The monoisotopic (exact) mass is 544 g/mol. The minimum Gasteiger partial charge on any atom is -0.493 e. The van der Waals surface area contributed by atoms with E-state index in [-0.39, 0.29) is 17.6 Å². The molecule has 0 fully saturated rings. The van der Waals surface area contributed by atoms with E-state index in [4.69, 9.17) is 9.47 Å². The first kappa shape index (κ1) is 26.4. The molecule has 2 atom stereocenters. The first-order valence-electron chi connectivity index (χ1n) is 13.8. The van der Waals surface area contributed by atoms with E-state index >= 15 is 0 Å². The van der Waals surface area contributed by atoms with Gasteiger partial charge in [-0.25, -0.2) is 0 Å². The lowest BCUT2D eigenvalue weighted by Gasteiger charge is -2.35. The number of aryl methyl sites for hydroxylation is 1. The molecular weight excluding hydrogens is 512 g/mol. The zero-order valence-corrected chi connectivity index (χ0v) is 23.4. The zero-order valence-electron chi connectivity index (χ0n) is 23.4. The molecule has 6 nitrogen and oxygen atoms in total. The summed E-state index contributed by atoms with van der Waals surface area (Å²) in [5, 5.41) is 3.60. The summed E-state index contributed by atoms with van der Waals surface area (Å²) in [5.41, 5.74) is 6.54. The van der Waals surface area contributed by atoms with Crippen molar-refractivity contribution in [2.24, 2.45) is 0 Å². The molecule has 0 saturated carbocycles. The van der Waals surface area contributed by atoms with Gasteiger partial charge in [0.25, 0.3) is 5.91 Å². The molecule has 41 heavy (non-hydrogen) atoms. The number of nitrogens with zero attached hydrogens (tertiary/aromatic N) is 1. The van der Waals surface area contributed by atoms with Gasteiger partial charge in [-0.3, -0.25) is 14.5 Å². The molecule has 1 aliphatic heterocycles. The second-order valence-electron chi connectivity index (χ2n) is 10.5. The standard InChI is InChI=1S/C35H32N2O4/c1-22-13-15-23(16-14-22)26-19-28-33(30(38)20-26)34(25-17-18-31(40-2)32(21-25)41-3)37(29-12-8-7-11-27(29)36-28)35(39)24-9-5-4-6-10-24/h4-18,21,26,34,36H,19-20H2,1-3H3/t26-,34+/m1/s1. The van der Waals surface area contributed by atoms with Crippen LogP contribution in [-0.2, 0) is 4.79 Å². The SMILES string of the molecule is COc1ccc([C@H]2C3=C(C[C@@H](c4ccc(C)cc4)CC3=O)Nc3ccccc3N2C(=O)c2ccccc2)cc1OC. The predicted molar refractivity (Wildman–Crippen MR) is 161 cm³/mol. The van der Waals surface area contributed by atoms with Gasteiger partial charge < -0.3 is 14.8 Å². The van der Waals surface area contributed by atoms with Gasteiger partial charge in [0.15, 0.2) is 17.3 Å². The molecule has 1 heterocycles. The molecule has 0 saturated heterocycles. The molecule has 1 amide bonds. The van der Waals surface area contributed by atoms with Crippen LogP contribution in [0.2, 0.25) is 0 Å². The van der Waals surface area contributed by atoms with E-state index in [1.54, 1.807) is 31.3 Å². The molecule has 6 rings (SSSR count). The number of carbonyl (C=O) groups is 2. The van der Waals surface area contributed by atoms with Crippen LogP contribution in [0.3, 0.4) is 0 Å². The van der Waals surface area contributed by atoms with Crippen molar-refractivity contribution >= 4 is 23.1 Å². The number of fused-ring (bicyclic) bond motifs is 1. The molecule has 0 spiro atoms. The molecular formula is C35H32N2O4. The number of amides is 1. The molecule has 6 heteroatoms. The smallest absolute Gasteiger partial charge is 0.259 e. The summed E-state index contributed by atoms with van der Waals surface area (Å²) < 4.78 is 11.2. The maximum Gasteiger partial charge on any atom is 0.259 e. The average Bonchev–Trinajstić information content (AvgIpc) is 3.16. The first-order valence-corrected chi connectivity index (χ1v) is 13.8. The number of anilines is 2. The van der Waals surface area contributed by atoms with Gasteiger partial charge in [-0.15, -0.1) is 0 Å². The van der Waals surface area contributed by atoms with Crippen molar-refractivity contribution in [3.63, 3.8) is 0 Å². The second kappa shape index (κ2) is 11.0. The van der Waals surface area contributed by atoms with Gasteiger partial charge in [-0.05, 0) is 66.8 Å². The van der Waals surface area contributed by atoms with E-state index in [0.29, 0.717) is 41.2 Å². The number of carbonyl (C=O) groups excluding carboxylic acids is 2. The summed E-state index contributed by atoms with van der Waals surface area (Å²) in [4.78, 5) is 30.4. The number of methoxy groups -OCH3 is 2. The van der Waals surface area contributed by atoms with E-state index in [2.05, 4.69) is 36.5 Å². The number of para-hydroxylation sites is 2. The van der Waals surface area contributed by atoms with Crippen molar-refractivity contribution in [3.05, 3.63) is 131 Å². The van der Waals surface area contributed by atoms with Gasteiger partial charge in [0, 0.05) is 23.3 Å². The fourth-order valence-corrected chi connectivity index (χ4v) is 5.95. The van der Waals surface area contributed by atoms with Crippen molar-refractivity contribution in [3.8, 4) is 11.5 Å². The second-order valence-corrected chi connectivity index (χ2v) is 10.5. The van der Waals surface area contributed by atoms with E-state index in [9.17, 15) is 9.59 Å². The van der Waals surface area contributed by atoms with E-state index < -0.39 is 6.04 Å². The Kier molecular flexibility index (Phi) is 7.06. The number of Topliss-reactive ketones (excluding diaryl/α,β-unsaturated/α-hetero) is 1. The van der Waals surface area contributed by atoms with Crippen LogP contribution in [0.4, 0.5) is 11.4 Å². The maximum atomic E-state index is 14.4. The fourth-order valence-electron chi connectivity index (χ4n) is 5.95. The van der Waals surface area contributed by atoms with Gasteiger partial charge in [0.1, 0.15) is 0 Å². The molecule has 0 bridgehead atoms. The number of allylic oxidation sites excluding steroid dienone is 1. The quantitative estimate of drug-likeness (QED) is 0.287. The molecule has 1 N–H and O–H groups in total. The van der Waals surface area contributed by atoms with Gasteiger partial charge in [0.2, 0.25) is 0 Å². The van der Waals surface area contributed by atoms with Crippen molar-refractivity contribution in [2.45, 2.75) is 31.7 Å².